The third-order valence-electron chi connectivity index (χ3n) is 5.54. The van der Waals surface area contributed by atoms with Crippen LogP contribution in [0.5, 0.6) is 0 Å². The second kappa shape index (κ2) is 7.94. The molecule has 27 heavy (non-hydrogen) atoms. The van der Waals surface area contributed by atoms with Crippen molar-refractivity contribution < 1.29 is 9.59 Å². The van der Waals surface area contributed by atoms with E-state index < -0.39 is 0 Å². The van der Waals surface area contributed by atoms with E-state index in [1.807, 2.05) is 39.9 Å². The van der Waals surface area contributed by atoms with E-state index in [0.717, 1.165) is 42.9 Å². The van der Waals surface area contributed by atoms with Gasteiger partial charge in [0.2, 0.25) is 11.8 Å². The zero-order valence-electron chi connectivity index (χ0n) is 15.6. The fourth-order valence-electron chi connectivity index (χ4n) is 4.12. The predicted molar refractivity (Wildman–Crippen MR) is 105 cm³/mol. The summed E-state index contributed by atoms with van der Waals surface area (Å²) in [5, 5.41) is 7.44. The Morgan fingerprint density at radius 2 is 1.85 bits per heavy atom. The van der Waals surface area contributed by atoms with Gasteiger partial charge in [-0.3, -0.25) is 9.59 Å². The van der Waals surface area contributed by atoms with Crippen molar-refractivity contribution in [2.24, 2.45) is 0 Å². The number of benzene rings is 1. The first-order valence-corrected chi connectivity index (χ1v) is 9.93. The predicted octanol–water partition coefficient (Wildman–Crippen LogP) is 3.70. The topological polar surface area (TPSA) is 67.2 Å². The number of hydrogen-bond donors (Lipinski definition) is 1. The third kappa shape index (κ3) is 4.04. The van der Waals surface area contributed by atoms with Crippen LogP contribution < -0.4 is 10.2 Å². The van der Waals surface area contributed by atoms with E-state index in [1.54, 1.807) is 6.20 Å². The van der Waals surface area contributed by atoms with Gasteiger partial charge in [0, 0.05) is 24.7 Å². The summed E-state index contributed by atoms with van der Waals surface area (Å²) >= 11 is 0. The molecule has 1 aliphatic heterocycles. The summed E-state index contributed by atoms with van der Waals surface area (Å²) in [4.78, 5) is 26.1. The highest BCUT2D eigenvalue weighted by molar-refractivity contribution is 5.95. The molecule has 0 atom stereocenters. The third-order valence-corrected chi connectivity index (χ3v) is 5.54. The van der Waals surface area contributed by atoms with Crippen molar-refractivity contribution in [1.82, 2.24) is 9.78 Å². The van der Waals surface area contributed by atoms with Crippen molar-refractivity contribution in [3.8, 4) is 0 Å². The lowest BCUT2D eigenvalue weighted by Gasteiger charge is -2.23. The fraction of sp³-hybridized carbons (Fsp3) is 0.476. The number of amides is 2. The highest BCUT2D eigenvalue weighted by Gasteiger charge is 2.22. The molecule has 2 aliphatic rings. The fourth-order valence-corrected chi connectivity index (χ4v) is 4.12. The van der Waals surface area contributed by atoms with Crippen molar-refractivity contribution in [3.05, 3.63) is 42.1 Å². The van der Waals surface area contributed by atoms with E-state index in [9.17, 15) is 9.59 Å². The van der Waals surface area contributed by atoms with Gasteiger partial charge in [0.25, 0.3) is 0 Å². The molecular formula is C21H26N4O2. The van der Waals surface area contributed by atoms with Crippen molar-refractivity contribution in [2.45, 2.75) is 57.4 Å². The van der Waals surface area contributed by atoms with Crippen LogP contribution in [0, 0.1) is 0 Å². The number of nitrogens with one attached hydrogen (secondary N) is 1. The molecule has 1 N–H and O–H groups in total. The molecule has 0 radical (unpaired) electrons. The molecule has 0 unspecified atom stereocenters. The number of carbonyl (C=O) groups excluding carboxylic acids is 2. The molecule has 142 valence electrons. The first-order valence-electron chi connectivity index (χ1n) is 9.93. The van der Waals surface area contributed by atoms with E-state index in [1.165, 1.54) is 19.3 Å². The maximum absolute atomic E-state index is 12.5. The molecule has 0 spiro atoms. The lowest BCUT2D eigenvalue weighted by molar-refractivity contribution is -0.117. The number of rotatable bonds is 5. The van der Waals surface area contributed by atoms with Crippen LogP contribution in [0.15, 0.2) is 36.5 Å². The lowest BCUT2D eigenvalue weighted by Crippen LogP contribution is -2.23. The van der Waals surface area contributed by atoms with Crippen LogP contribution in [0.25, 0.3) is 0 Å². The van der Waals surface area contributed by atoms with E-state index in [0.29, 0.717) is 18.9 Å². The quantitative estimate of drug-likeness (QED) is 0.877. The minimum atomic E-state index is -0.0439. The first kappa shape index (κ1) is 17.8. The summed E-state index contributed by atoms with van der Waals surface area (Å²) in [5.41, 5.74) is 1.85. The van der Waals surface area contributed by atoms with Crippen molar-refractivity contribution in [1.29, 1.82) is 0 Å². The monoisotopic (exact) mass is 366 g/mol. The van der Waals surface area contributed by atoms with Crippen LogP contribution in [-0.4, -0.2) is 28.1 Å². The summed E-state index contributed by atoms with van der Waals surface area (Å²) in [6.07, 6.45) is 9.60. The molecule has 0 bridgehead atoms. The summed E-state index contributed by atoms with van der Waals surface area (Å²) < 4.78 is 1.97. The molecule has 2 aromatic rings. The van der Waals surface area contributed by atoms with E-state index >= 15 is 0 Å². The molecule has 6 heteroatoms. The van der Waals surface area contributed by atoms with Gasteiger partial charge in [0.05, 0.1) is 18.7 Å². The highest BCUT2D eigenvalue weighted by atomic mass is 16.2. The summed E-state index contributed by atoms with van der Waals surface area (Å²) in [5.74, 6) is 0.917. The van der Waals surface area contributed by atoms with Crippen LogP contribution in [0.3, 0.4) is 0 Å². The number of carbonyl (C=O) groups is 2. The molecule has 6 nitrogen and oxygen atoms in total. The Bertz CT molecular complexity index is 806. The minimum Gasteiger partial charge on any atom is -0.312 e. The minimum absolute atomic E-state index is 0.0439. The summed E-state index contributed by atoms with van der Waals surface area (Å²) in [6.45, 7) is 0.782. The smallest absolute Gasteiger partial charge is 0.229 e. The lowest BCUT2D eigenvalue weighted by atomic mass is 9.96. The van der Waals surface area contributed by atoms with Gasteiger partial charge in [-0.15, -0.1) is 0 Å². The molecule has 2 heterocycles. The number of hydrogen-bond acceptors (Lipinski definition) is 3. The normalized spacial score (nSPS) is 18.1. The molecule has 1 saturated carbocycles. The maximum Gasteiger partial charge on any atom is 0.229 e. The van der Waals surface area contributed by atoms with Crippen LogP contribution in [0.4, 0.5) is 11.5 Å². The van der Waals surface area contributed by atoms with Gasteiger partial charge < -0.3 is 10.2 Å². The molecule has 1 aliphatic carbocycles. The van der Waals surface area contributed by atoms with E-state index in [2.05, 4.69) is 10.4 Å². The molecule has 4 rings (SSSR count). The number of anilines is 2. The van der Waals surface area contributed by atoms with Gasteiger partial charge in [-0.1, -0.05) is 31.4 Å². The maximum atomic E-state index is 12.5. The van der Waals surface area contributed by atoms with Crippen LogP contribution in [0.2, 0.25) is 0 Å². The number of nitrogens with zero attached hydrogens (tertiary/aromatic N) is 3. The van der Waals surface area contributed by atoms with Crippen LogP contribution >= 0.6 is 0 Å². The van der Waals surface area contributed by atoms with Gasteiger partial charge in [-0.2, -0.15) is 5.10 Å². The highest BCUT2D eigenvalue weighted by Crippen LogP contribution is 2.30. The first-order chi connectivity index (χ1) is 13.2. The molecule has 2 fully saturated rings. The average molecular weight is 366 g/mol. The van der Waals surface area contributed by atoms with Crippen LogP contribution in [-0.2, 0) is 16.0 Å². The molecule has 1 saturated heterocycles. The van der Waals surface area contributed by atoms with Gasteiger partial charge in [-0.05, 0) is 37.0 Å². The Morgan fingerprint density at radius 1 is 1.07 bits per heavy atom. The standard InChI is InChI=1S/C21H26N4O2/c26-20(23-19-12-13-22-25(19)18-5-2-1-3-6-18)15-16-8-10-17(11-9-16)24-14-4-7-21(24)27/h8-13,18H,1-7,14-15H2,(H,23,26). The Morgan fingerprint density at radius 3 is 2.56 bits per heavy atom. The Kier molecular flexibility index (Phi) is 5.23. The van der Waals surface area contributed by atoms with Gasteiger partial charge >= 0.3 is 0 Å². The Balaban J connectivity index is 1.37. The zero-order chi connectivity index (χ0) is 18.6. The second-order valence-electron chi connectivity index (χ2n) is 7.49. The molecule has 1 aromatic heterocycles. The zero-order valence-corrected chi connectivity index (χ0v) is 15.6. The SMILES string of the molecule is O=C(Cc1ccc(N2CCCC2=O)cc1)Nc1ccnn1C1CCCCC1. The van der Waals surface area contributed by atoms with Crippen molar-refractivity contribution >= 4 is 23.3 Å². The van der Waals surface area contributed by atoms with E-state index in [-0.39, 0.29) is 11.8 Å². The van der Waals surface area contributed by atoms with E-state index in [4.69, 9.17) is 0 Å². The molecular weight excluding hydrogens is 340 g/mol. The van der Waals surface area contributed by atoms with Gasteiger partial charge in [-0.25, -0.2) is 4.68 Å². The largest absolute Gasteiger partial charge is 0.312 e. The average Bonchev–Trinajstić information content (AvgIpc) is 3.32. The van der Waals surface area contributed by atoms with Crippen LogP contribution in [0.1, 0.15) is 56.6 Å². The van der Waals surface area contributed by atoms with Gasteiger partial charge in [0.1, 0.15) is 5.82 Å². The molecule has 2 amide bonds. The molecule has 1 aromatic carbocycles. The Labute approximate surface area is 159 Å². The van der Waals surface area contributed by atoms with Crippen molar-refractivity contribution in [2.75, 3.05) is 16.8 Å². The van der Waals surface area contributed by atoms with Gasteiger partial charge in [0.15, 0.2) is 0 Å². The second-order valence-corrected chi connectivity index (χ2v) is 7.49. The summed E-state index contributed by atoms with van der Waals surface area (Å²) in [7, 11) is 0. The van der Waals surface area contributed by atoms with Crippen molar-refractivity contribution in [3.63, 3.8) is 0 Å². The Hall–Kier alpha value is -2.63. The summed E-state index contributed by atoms with van der Waals surface area (Å²) in [6, 6.07) is 9.98. The number of aromatic nitrogens is 2.